The quantitative estimate of drug-likeness (QED) is 0.158. The molecule has 0 bridgehead atoms. The first-order valence-corrected chi connectivity index (χ1v) is 17.2. The summed E-state index contributed by atoms with van der Waals surface area (Å²) in [6, 6.07) is 6.70. The van der Waals surface area contributed by atoms with Crippen LogP contribution in [0.25, 0.3) is 11.9 Å². The Morgan fingerprint density at radius 1 is 0.314 bits per heavy atom. The first-order valence-electron chi connectivity index (χ1n) is 16.4. The van der Waals surface area contributed by atoms with Gasteiger partial charge in [-0.2, -0.15) is 67.8 Å². The van der Waals surface area contributed by atoms with E-state index in [1.54, 1.807) is 0 Å². The maximum Gasteiger partial charge on any atom is 3.00 e. The third-order valence-electron chi connectivity index (χ3n) is 11.2. The number of benzene rings is 4. The molecule has 0 spiro atoms. The van der Waals surface area contributed by atoms with Crippen LogP contribution in [0.3, 0.4) is 0 Å². The van der Waals surface area contributed by atoms with Gasteiger partial charge in [-0.1, -0.05) is 96.3 Å². The van der Waals surface area contributed by atoms with Crippen molar-refractivity contribution in [3.63, 3.8) is 0 Å². The van der Waals surface area contributed by atoms with Gasteiger partial charge in [-0.3, -0.25) is 0 Å². The van der Waals surface area contributed by atoms with Gasteiger partial charge >= 0.3 is 65.4 Å². The zero-order valence-corrected chi connectivity index (χ0v) is 43.9. The van der Waals surface area contributed by atoms with Gasteiger partial charge in [-0.15, -0.1) is 5.69 Å². The molecule has 0 heterocycles. The zero-order chi connectivity index (χ0) is 36.1. The molecule has 5 heteroatoms. The van der Waals surface area contributed by atoms with Crippen molar-refractivity contribution in [3.05, 3.63) is 155 Å². The number of rotatable bonds is 0. The third-order valence-corrected chi connectivity index (χ3v) is 12.3. The van der Waals surface area contributed by atoms with Crippen LogP contribution < -0.4 is 0 Å². The summed E-state index contributed by atoms with van der Waals surface area (Å²) in [7, 11) is 0. The molecular formula is C46H69BrN2Y2. The van der Waals surface area contributed by atoms with Crippen LogP contribution in [0.4, 0.5) is 5.69 Å². The Balaban J connectivity index is -0.000000179. The van der Waals surface area contributed by atoms with Crippen molar-refractivity contribution < 1.29 is 65.4 Å². The molecule has 276 valence electrons. The van der Waals surface area contributed by atoms with Gasteiger partial charge in [-0.05, 0) is 114 Å². The molecule has 0 aromatic heterocycles. The Morgan fingerprint density at radius 2 is 0.471 bits per heavy atom. The van der Waals surface area contributed by atoms with Gasteiger partial charge in [0, 0.05) is 4.47 Å². The number of hydrogen-bond acceptors (Lipinski definition) is 0. The second kappa shape index (κ2) is 25.4. The fourth-order valence-corrected chi connectivity index (χ4v) is 6.17. The van der Waals surface area contributed by atoms with Crippen molar-refractivity contribution in [2.24, 2.45) is 0 Å². The van der Waals surface area contributed by atoms with E-state index in [0.29, 0.717) is 5.69 Å². The maximum absolute atomic E-state index is 7.82. The van der Waals surface area contributed by atoms with Gasteiger partial charge in [0.1, 0.15) is 0 Å². The van der Waals surface area contributed by atoms with Gasteiger partial charge < -0.3 is 26.7 Å². The van der Waals surface area contributed by atoms with E-state index in [-0.39, 0.29) is 86.4 Å². The number of aryl methyl sites for hydroxylation is 4. The molecule has 0 radical (unpaired) electrons. The molecule has 0 atom stereocenters. The molecule has 0 saturated carbocycles. The maximum atomic E-state index is 7.82. The summed E-state index contributed by atoms with van der Waals surface area (Å²) < 4.78 is 1.27. The summed E-state index contributed by atoms with van der Waals surface area (Å²) in [4.78, 5) is 0. The summed E-state index contributed by atoms with van der Waals surface area (Å²) >= 11 is 3.61. The molecule has 0 fully saturated rings. The van der Waals surface area contributed by atoms with E-state index in [4.69, 9.17) is 5.73 Å². The average molecular weight is 908 g/mol. The molecule has 0 aliphatic heterocycles. The van der Waals surface area contributed by atoms with E-state index in [9.17, 15) is 0 Å². The van der Waals surface area contributed by atoms with E-state index >= 15 is 0 Å². The standard InChI is InChI=1S/C11H15Br.C11H16N.2C11H15.2CH3.H2N.2Y/c2*1-6-7(2)9(4)11(12)10(5)8(6)3;2*1-7-6-8(2)10(4)11(5)9(7)3;;;;;/h1-5H3;12H,1-5H3;2*1-5H3;2*1H3;1H2;;/q;6*-1;2*+3. The Hall–Kier alpha value is -0.672. The molecule has 2 nitrogen and oxygen atoms in total. The van der Waals surface area contributed by atoms with Gasteiger partial charge in [0.05, 0.1) is 0 Å². The first-order chi connectivity index (χ1) is 21.0. The minimum atomic E-state index is 0. The number of nitrogens with one attached hydrogen (secondary N) is 1. The van der Waals surface area contributed by atoms with Crippen LogP contribution in [-0.2, 0) is 65.4 Å². The van der Waals surface area contributed by atoms with Crippen LogP contribution in [0.15, 0.2) is 4.47 Å². The van der Waals surface area contributed by atoms with E-state index in [1.165, 1.54) is 105 Å². The molecule has 0 amide bonds. The van der Waals surface area contributed by atoms with Crippen LogP contribution in [0, 0.1) is 165 Å². The molecule has 0 saturated heterocycles. The molecule has 4 aromatic carbocycles. The second-order valence-corrected chi connectivity index (χ2v) is 14.2. The van der Waals surface area contributed by atoms with Crippen molar-refractivity contribution in [3.8, 4) is 0 Å². The third kappa shape index (κ3) is 14.5. The van der Waals surface area contributed by atoms with Gasteiger partial charge in [0.25, 0.3) is 0 Å². The number of halogens is 1. The van der Waals surface area contributed by atoms with E-state index < -0.39 is 0 Å². The van der Waals surface area contributed by atoms with Crippen molar-refractivity contribution in [2.45, 2.75) is 138 Å². The summed E-state index contributed by atoms with van der Waals surface area (Å²) in [6.45, 7) is 42.7. The second-order valence-electron chi connectivity index (χ2n) is 13.4. The van der Waals surface area contributed by atoms with Crippen LogP contribution in [0.2, 0.25) is 0 Å². The molecule has 0 unspecified atom stereocenters. The topological polar surface area (TPSA) is 57.3 Å². The van der Waals surface area contributed by atoms with E-state index in [1.807, 2.05) is 13.8 Å². The normalized spacial score (nSPS) is 9.35. The summed E-state index contributed by atoms with van der Waals surface area (Å²) in [6.07, 6.45) is 0. The Labute approximate surface area is 376 Å². The van der Waals surface area contributed by atoms with Crippen LogP contribution in [0.1, 0.15) is 111 Å². The fraction of sp³-hybridized carbons (Fsp3) is 0.435. The number of nitrogens with two attached hydrogens (primary N) is 1. The fourth-order valence-electron chi connectivity index (χ4n) is 5.58. The monoisotopic (exact) mass is 906 g/mol. The molecule has 4 rings (SSSR count). The Bertz CT molecular complexity index is 1360. The van der Waals surface area contributed by atoms with Crippen molar-refractivity contribution in [2.75, 3.05) is 0 Å². The van der Waals surface area contributed by atoms with Gasteiger partial charge in [0.15, 0.2) is 0 Å². The summed E-state index contributed by atoms with van der Waals surface area (Å²) in [5, 5.41) is 0. The molecular weight excluding hydrogens is 838 g/mol. The van der Waals surface area contributed by atoms with E-state index in [0.717, 1.165) is 11.1 Å². The first kappa shape index (κ1) is 59.6. The van der Waals surface area contributed by atoms with Crippen molar-refractivity contribution >= 4 is 21.6 Å². The summed E-state index contributed by atoms with van der Waals surface area (Å²) in [5.74, 6) is 0. The van der Waals surface area contributed by atoms with Crippen molar-refractivity contribution in [1.82, 2.24) is 0 Å². The minimum Gasteiger partial charge on any atom is -0.698 e. The number of hydrogen-bond donors (Lipinski definition) is 0. The summed E-state index contributed by atoms with van der Waals surface area (Å²) in [5.41, 5.74) is 35.1. The average Bonchev–Trinajstić information content (AvgIpc) is 3.03. The van der Waals surface area contributed by atoms with Crippen molar-refractivity contribution in [1.29, 1.82) is 0 Å². The SMILES string of the molecule is Cc1[c-]c(C)c(C)c(C)c1C.Cc1[c-]c(C)c(C)c(C)c1C.Cc1c(C)c(C)c(Br)c(C)c1C.Cc1c(C)c(C)c([NH-])c(C)c1C.[CH3-].[CH3-].[NH2-].[Y+3].[Y+3]. The largest absolute Gasteiger partial charge is 3.00 e. The van der Waals surface area contributed by atoms with Crippen LogP contribution in [-0.4, -0.2) is 0 Å². The van der Waals surface area contributed by atoms with Crippen LogP contribution >= 0.6 is 15.9 Å². The molecule has 0 aliphatic carbocycles. The molecule has 3 N–H and O–H groups in total. The predicted octanol–water partition coefficient (Wildman–Crippen LogP) is 15.6. The van der Waals surface area contributed by atoms with E-state index in [2.05, 4.69) is 153 Å². The zero-order valence-electron chi connectivity index (χ0n) is 36.6. The smallest absolute Gasteiger partial charge is 0.698 e. The van der Waals surface area contributed by atoms with Gasteiger partial charge in [0.2, 0.25) is 0 Å². The molecule has 51 heavy (non-hydrogen) atoms. The molecule has 4 aromatic rings. The Morgan fingerprint density at radius 3 is 0.686 bits per heavy atom. The minimum absolute atomic E-state index is 0. The Kier molecular flexibility index (Phi) is 29.7. The van der Waals surface area contributed by atoms with Gasteiger partial charge in [-0.25, -0.2) is 0 Å². The van der Waals surface area contributed by atoms with Crippen LogP contribution in [0.5, 0.6) is 0 Å². The molecule has 0 aliphatic rings. The predicted molar refractivity (Wildman–Crippen MR) is 228 cm³/mol.